The standard InChI is InChI=1S/C32H24O4/c1-36-26-18-23(11-10-19-6-3-2-4-7-19)29(32(34)35)31(33)30(26)25-17-15-22-13-12-20-8-5-9-21-14-16-24(25)28(22)27(20)21/h2-9,12-18,33H,10-11H2,1H3,(H,34,35). The van der Waals surface area contributed by atoms with Crippen molar-refractivity contribution < 1.29 is 19.7 Å². The van der Waals surface area contributed by atoms with Crippen LogP contribution in [-0.4, -0.2) is 23.3 Å². The molecule has 0 aliphatic carbocycles. The Hall–Kier alpha value is -4.57. The van der Waals surface area contributed by atoms with Crippen LogP contribution >= 0.6 is 0 Å². The molecule has 0 amide bonds. The lowest BCUT2D eigenvalue weighted by atomic mass is 9.87. The van der Waals surface area contributed by atoms with E-state index in [0.29, 0.717) is 29.7 Å². The quantitative estimate of drug-likeness (QED) is 0.247. The van der Waals surface area contributed by atoms with Crippen molar-refractivity contribution in [3.8, 4) is 22.6 Å². The molecule has 0 aromatic heterocycles. The highest BCUT2D eigenvalue weighted by Gasteiger charge is 2.25. The van der Waals surface area contributed by atoms with Crippen molar-refractivity contribution in [3.63, 3.8) is 0 Å². The van der Waals surface area contributed by atoms with Gasteiger partial charge in [-0.25, -0.2) is 4.79 Å². The van der Waals surface area contributed by atoms with Gasteiger partial charge >= 0.3 is 5.97 Å². The number of carbonyl (C=O) groups is 1. The fourth-order valence-electron chi connectivity index (χ4n) is 5.43. The van der Waals surface area contributed by atoms with Gasteiger partial charge in [0.2, 0.25) is 0 Å². The van der Waals surface area contributed by atoms with Crippen LogP contribution in [0.25, 0.3) is 43.4 Å². The van der Waals surface area contributed by atoms with E-state index < -0.39 is 5.97 Å². The Balaban J connectivity index is 1.58. The average molecular weight is 473 g/mol. The Bertz CT molecular complexity index is 1740. The van der Waals surface area contributed by atoms with Gasteiger partial charge in [-0.1, -0.05) is 84.9 Å². The Morgan fingerprint density at radius 2 is 1.44 bits per heavy atom. The van der Waals surface area contributed by atoms with E-state index in [4.69, 9.17) is 4.74 Å². The second kappa shape index (κ2) is 8.58. The van der Waals surface area contributed by atoms with Crippen LogP contribution in [0, 0.1) is 0 Å². The normalized spacial score (nSPS) is 11.5. The number of hydrogen-bond acceptors (Lipinski definition) is 3. The van der Waals surface area contributed by atoms with Crippen LogP contribution in [0.3, 0.4) is 0 Å². The van der Waals surface area contributed by atoms with Crippen LogP contribution < -0.4 is 4.74 Å². The number of carboxylic acid groups (broad SMARTS) is 1. The van der Waals surface area contributed by atoms with Gasteiger partial charge in [0, 0.05) is 0 Å². The molecule has 0 saturated carbocycles. The third-order valence-corrected chi connectivity index (χ3v) is 7.10. The highest BCUT2D eigenvalue weighted by Crippen LogP contribution is 2.47. The van der Waals surface area contributed by atoms with E-state index in [1.54, 1.807) is 13.2 Å². The lowest BCUT2D eigenvalue weighted by Crippen LogP contribution is -2.07. The van der Waals surface area contributed by atoms with Crippen LogP contribution in [-0.2, 0) is 12.8 Å². The summed E-state index contributed by atoms with van der Waals surface area (Å²) in [6.07, 6.45) is 1.12. The van der Waals surface area contributed by atoms with E-state index in [1.165, 1.54) is 0 Å². The second-order valence-corrected chi connectivity index (χ2v) is 9.10. The number of benzene rings is 6. The van der Waals surface area contributed by atoms with Crippen molar-refractivity contribution in [1.82, 2.24) is 0 Å². The maximum Gasteiger partial charge on any atom is 0.339 e. The number of ether oxygens (including phenoxy) is 1. The topological polar surface area (TPSA) is 66.8 Å². The summed E-state index contributed by atoms with van der Waals surface area (Å²) in [6, 6.07) is 30.2. The monoisotopic (exact) mass is 472 g/mol. The number of aromatic hydroxyl groups is 1. The van der Waals surface area contributed by atoms with Crippen molar-refractivity contribution in [1.29, 1.82) is 0 Å². The molecule has 0 aliphatic heterocycles. The predicted molar refractivity (Wildman–Crippen MR) is 145 cm³/mol. The van der Waals surface area contributed by atoms with Crippen molar-refractivity contribution in [2.75, 3.05) is 7.11 Å². The molecule has 0 radical (unpaired) electrons. The molecule has 0 atom stereocenters. The lowest BCUT2D eigenvalue weighted by Gasteiger charge is -2.19. The maximum atomic E-state index is 12.4. The Kier molecular flexibility index (Phi) is 5.23. The molecule has 0 spiro atoms. The van der Waals surface area contributed by atoms with Gasteiger partial charge in [-0.05, 0) is 67.9 Å². The van der Waals surface area contributed by atoms with Crippen LogP contribution in [0.5, 0.6) is 11.5 Å². The fourth-order valence-corrected chi connectivity index (χ4v) is 5.43. The van der Waals surface area contributed by atoms with Crippen LogP contribution in [0.2, 0.25) is 0 Å². The summed E-state index contributed by atoms with van der Waals surface area (Å²) in [6.45, 7) is 0. The van der Waals surface area contributed by atoms with E-state index in [1.807, 2.05) is 54.6 Å². The molecule has 4 nitrogen and oxygen atoms in total. The molecular formula is C32H24O4. The smallest absolute Gasteiger partial charge is 0.339 e. The summed E-state index contributed by atoms with van der Waals surface area (Å²) >= 11 is 0. The molecule has 4 heteroatoms. The Morgan fingerprint density at radius 1 is 0.778 bits per heavy atom. The molecule has 176 valence electrons. The molecule has 0 bridgehead atoms. The summed E-state index contributed by atoms with van der Waals surface area (Å²) in [5, 5.41) is 28.1. The minimum absolute atomic E-state index is 0.0765. The second-order valence-electron chi connectivity index (χ2n) is 9.10. The van der Waals surface area contributed by atoms with Crippen molar-refractivity contribution in [3.05, 3.63) is 108 Å². The van der Waals surface area contributed by atoms with Gasteiger partial charge in [-0.15, -0.1) is 0 Å². The zero-order valence-electron chi connectivity index (χ0n) is 19.8. The molecule has 0 fully saturated rings. The van der Waals surface area contributed by atoms with Crippen LogP contribution in [0.15, 0.2) is 91.0 Å². The molecular weight excluding hydrogens is 448 g/mol. The zero-order chi connectivity index (χ0) is 24.8. The largest absolute Gasteiger partial charge is 0.506 e. The molecule has 0 saturated heterocycles. The van der Waals surface area contributed by atoms with E-state index in [0.717, 1.165) is 43.4 Å². The van der Waals surface area contributed by atoms with Gasteiger partial charge in [0.1, 0.15) is 17.1 Å². The fraction of sp³-hybridized carbons (Fsp3) is 0.0938. The van der Waals surface area contributed by atoms with Gasteiger partial charge in [-0.3, -0.25) is 0 Å². The number of rotatable bonds is 6. The zero-order valence-corrected chi connectivity index (χ0v) is 19.8. The van der Waals surface area contributed by atoms with Gasteiger partial charge in [0.25, 0.3) is 0 Å². The molecule has 0 aliphatic rings. The number of methoxy groups -OCH3 is 1. The van der Waals surface area contributed by atoms with Gasteiger partial charge in [-0.2, -0.15) is 0 Å². The highest BCUT2D eigenvalue weighted by molar-refractivity contribution is 6.25. The Labute approximate surface area is 208 Å². The van der Waals surface area contributed by atoms with Crippen molar-refractivity contribution in [2.45, 2.75) is 12.8 Å². The first-order chi connectivity index (χ1) is 17.6. The third-order valence-electron chi connectivity index (χ3n) is 7.10. The number of hydrogen-bond donors (Lipinski definition) is 2. The first-order valence-electron chi connectivity index (χ1n) is 11.9. The molecule has 6 aromatic rings. The predicted octanol–water partition coefficient (Wildman–Crippen LogP) is 7.45. The number of phenols is 1. The molecule has 6 rings (SSSR count). The maximum absolute atomic E-state index is 12.4. The first kappa shape index (κ1) is 21.9. The van der Waals surface area contributed by atoms with Crippen molar-refractivity contribution >= 4 is 38.3 Å². The molecule has 0 heterocycles. The number of aromatic carboxylic acids is 1. The van der Waals surface area contributed by atoms with E-state index in [-0.39, 0.29) is 11.3 Å². The summed E-state index contributed by atoms with van der Waals surface area (Å²) in [4.78, 5) is 12.4. The van der Waals surface area contributed by atoms with Crippen LogP contribution in [0.4, 0.5) is 0 Å². The van der Waals surface area contributed by atoms with Crippen molar-refractivity contribution in [2.24, 2.45) is 0 Å². The number of aryl methyl sites for hydroxylation is 2. The van der Waals surface area contributed by atoms with Crippen LogP contribution in [0.1, 0.15) is 21.5 Å². The van der Waals surface area contributed by atoms with E-state index >= 15 is 0 Å². The first-order valence-corrected chi connectivity index (χ1v) is 11.9. The molecule has 0 unspecified atom stereocenters. The summed E-state index contributed by atoms with van der Waals surface area (Å²) < 4.78 is 5.75. The van der Waals surface area contributed by atoms with Gasteiger partial charge < -0.3 is 14.9 Å². The molecule has 36 heavy (non-hydrogen) atoms. The minimum atomic E-state index is -1.16. The van der Waals surface area contributed by atoms with E-state index in [9.17, 15) is 15.0 Å². The summed E-state index contributed by atoms with van der Waals surface area (Å²) in [5.41, 5.74) is 2.71. The Morgan fingerprint density at radius 3 is 2.14 bits per heavy atom. The van der Waals surface area contributed by atoms with Gasteiger partial charge in [0.05, 0.1) is 12.7 Å². The summed E-state index contributed by atoms with van der Waals surface area (Å²) in [7, 11) is 1.55. The summed E-state index contributed by atoms with van der Waals surface area (Å²) in [5.74, 6) is -0.965. The molecule has 2 N–H and O–H groups in total. The minimum Gasteiger partial charge on any atom is -0.506 e. The average Bonchev–Trinajstić information content (AvgIpc) is 2.90. The molecule has 6 aromatic carbocycles. The van der Waals surface area contributed by atoms with E-state index in [2.05, 4.69) is 30.3 Å². The van der Waals surface area contributed by atoms with Gasteiger partial charge in [0.15, 0.2) is 0 Å². The third kappa shape index (κ3) is 3.42. The SMILES string of the molecule is COc1cc(CCc2ccccc2)c(C(=O)O)c(O)c1-c1ccc2ccc3cccc4ccc1c2c34. The lowest BCUT2D eigenvalue weighted by molar-refractivity contribution is 0.0692. The highest BCUT2D eigenvalue weighted by atomic mass is 16.5. The number of carboxylic acids is 1.